The molecule has 0 amide bonds. The Bertz CT molecular complexity index is 888. The molecule has 1 aromatic heterocycles. The summed E-state index contributed by atoms with van der Waals surface area (Å²) in [7, 11) is 1.63. The number of Topliss-reactive ketones (excluding diaryl/α,β-unsaturated/α-hetero) is 1. The maximum absolute atomic E-state index is 12.3. The van der Waals surface area contributed by atoms with Crippen molar-refractivity contribution in [2.75, 3.05) is 12.9 Å². The monoisotopic (exact) mass is 353 g/mol. The third-order valence-electron chi connectivity index (χ3n) is 3.99. The number of H-pyrrole nitrogens is 1. The average Bonchev–Trinajstić information content (AvgIpc) is 3.11. The Labute approximate surface area is 150 Å². The van der Waals surface area contributed by atoms with Crippen LogP contribution in [0.5, 0.6) is 5.75 Å². The number of aromatic amines is 1. The van der Waals surface area contributed by atoms with E-state index in [1.54, 1.807) is 7.11 Å². The van der Waals surface area contributed by atoms with Crippen LogP contribution < -0.4 is 4.74 Å². The van der Waals surface area contributed by atoms with Gasteiger partial charge in [0.05, 0.1) is 12.9 Å². The molecule has 1 heterocycles. The number of carbonyl (C=O) groups excluding carboxylic acids is 1. The molecule has 3 rings (SSSR count). The smallest absolute Gasteiger partial charge is 0.209 e. The zero-order valence-corrected chi connectivity index (χ0v) is 15.2. The maximum Gasteiger partial charge on any atom is 0.209 e. The van der Waals surface area contributed by atoms with Crippen molar-refractivity contribution in [1.82, 2.24) is 15.2 Å². The van der Waals surface area contributed by atoms with E-state index in [4.69, 9.17) is 4.74 Å². The molecule has 0 aliphatic heterocycles. The van der Waals surface area contributed by atoms with Gasteiger partial charge in [-0.15, -0.1) is 5.10 Å². The Morgan fingerprint density at radius 3 is 2.56 bits per heavy atom. The van der Waals surface area contributed by atoms with Gasteiger partial charge in [0.25, 0.3) is 0 Å². The summed E-state index contributed by atoms with van der Waals surface area (Å²) >= 11 is 1.33. The number of carbonyl (C=O) groups is 1. The van der Waals surface area contributed by atoms with Gasteiger partial charge >= 0.3 is 0 Å². The van der Waals surface area contributed by atoms with Crippen molar-refractivity contribution in [3.8, 4) is 17.1 Å². The van der Waals surface area contributed by atoms with Crippen molar-refractivity contribution in [2.45, 2.75) is 19.0 Å². The minimum absolute atomic E-state index is 0.0731. The molecule has 0 saturated carbocycles. The van der Waals surface area contributed by atoms with Crippen LogP contribution in [0.25, 0.3) is 11.4 Å². The van der Waals surface area contributed by atoms with Gasteiger partial charge in [0.15, 0.2) is 11.6 Å². The van der Waals surface area contributed by atoms with Crippen LogP contribution in [0.2, 0.25) is 0 Å². The standard InChI is InChI=1S/C19H19N3O2S/c1-12-4-5-15(10-13(12)2)17(23)11-25-19-20-18(21-22-19)14-6-8-16(24-3)9-7-14/h4-10H,11H2,1-3H3,(H,20,21,22). The molecule has 0 fully saturated rings. The van der Waals surface area contributed by atoms with Gasteiger partial charge < -0.3 is 4.74 Å². The van der Waals surface area contributed by atoms with Crippen molar-refractivity contribution >= 4 is 17.5 Å². The molecule has 5 nitrogen and oxygen atoms in total. The predicted molar refractivity (Wildman–Crippen MR) is 99.3 cm³/mol. The summed E-state index contributed by atoms with van der Waals surface area (Å²) in [5.74, 6) is 1.84. The molecule has 6 heteroatoms. The lowest BCUT2D eigenvalue weighted by molar-refractivity contribution is 0.102. The van der Waals surface area contributed by atoms with Crippen molar-refractivity contribution in [3.63, 3.8) is 0 Å². The Kier molecular flexibility index (Phi) is 5.19. The number of ketones is 1. The maximum atomic E-state index is 12.3. The number of hydrogen-bond donors (Lipinski definition) is 1. The van der Waals surface area contributed by atoms with Gasteiger partial charge in [-0.2, -0.15) is 0 Å². The molecule has 3 aromatic rings. The molecule has 0 unspecified atom stereocenters. The fraction of sp³-hybridized carbons (Fsp3) is 0.211. The first-order valence-electron chi connectivity index (χ1n) is 7.87. The van der Waals surface area contributed by atoms with Crippen molar-refractivity contribution in [1.29, 1.82) is 0 Å². The van der Waals surface area contributed by atoms with Gasteiger partial charge in [-0.25, -0.2) is 4.98 Å². The molecular formula is C19H19N3O2S. The Morgan fingerprint density at radius 1 is 1.12 bits per heavy atom. The number of hydrogen-bond acceptors (Lipinski definition) is 5. The van der Waals surface area contributed by atoms with Crippen LogP contribution in [0.1, 0.15) is 21.5 Å². The third-order valence-corrected chi connectivity index (χ3v) is 4.84. The molecule has 0 saturated heterocycles. The number of nitrogens with one attached hydrogen (secondary N) is 1. The number of nitrogens with zero attached hydrogens (tertiary/aromatic N) is 2. The molecular weight excluding hydrogens is 334 g/mol. The summed E-state index contributed by atoms with van der Waals surface area (Å²) in [5, 5.41) is 7.64. The SMILES string of the molecule is COc1ccc(-c2nc(SCC(=O)c3ccc(C)c(C)c3)n[nH]2)cc1. The molecule has 0 aliphatic carbocycles. The summed E-state index contributed by atoms with van der Waals surface area (Å²) in [6.07, 6.45) is 0. The lowest BCUT2D eigenvalue weighted by Gasteiger charge is -2.03. The van der Waals surface area contributed by atoms with Gasteiger partial charge in [0.1, 0.15) is 5.75 Å². The number of aromatic nitrogens is 3. The predicted octanol–water partition coefficient (Wildman–Crippen LogP) is 4.07. The van der Waals surface area contributed by atoms with Gasteiger partial charge in [-0.1, -0.05) is 23.9 Å². The highest BCUT2D eigenvalue weighted by atomic mass is 32.2. The van der Waals surface area contributed by atoms with Gasteiger partial charge in [0, 0.05) is 11.1 Å². The summed E-state index contributed by atoms with van der Waals surface area (Å²) in [4.78, 5) is 16.8. The second kappa shape index (κ2) is 7.53. The van der Waals surface area contributed by atoms with Crippen molar-refractivity contribution in [3.05, 3.63) is 59.2 Å². The van der Waals surface area contributed by atoms with Crippen molar-refractivity contribution in [2.24, 2.45) is 0 Å². The summed E-state index contributed by atoms with van der Waals surface area (Å²) in [5.41, 5.74) is 3.94. The van der Waals surface area contributed by atoms with Crippen molar-refractivity contribution < 1.29 is 9.53 Å². The lowest BCUT2D eigenvalue weighted by atomic mass is 10.0. The molecule has 0 bridgehead atoms. The van der Waals surface area contributed by atoms with Gasteiger partial charge in [0.2, 0.25) is 5.16 Å². The molecule has 0 atom stereocenters. The van der Waals surface area contributed by atoms with Crippen LogP contribution >= 0.6 is 11.8 Å². The van der Waals surface area contributed by atoms with Crippen LogP contribution in [-0.2, 0) is 0 Å². The number of rotatable bonds is 6. The Morgan fingerprint density at radius 2 is 1.88 bits per heavy atom. The van der Waals surface area contributed by atoms with E-state index >= 15 is 0 Å². The van der Waals surface area contributed by atoms with Crippen LogP contribution in [0.4, 0.5) is 0 Å². The quantitative estimate of drug-likeness (QED) is 0.534. The second-order valence-electron chi connectivity index (χ2n) is 5.71. The van der Waals surface area contributed by atoms with E-state index in [-0.39, 0.29) is 5.78 Å². The minimum Gasteiger partial charge on any atom is -0.497 e. The number of methoxy groups -OCH3 is 1. The molecule has 128 valence electrons. The van der Waals surface area contributed by atoms with Gasteiger partial charge in [-0.05, 0) is 55.3 Å². The van der Waals surface area contributed by atoms with E-state index in [1.165, 1.54) is 17.3 Å². The van der Waals surface area contributed by atoms with E-state index in [1.807, 2.05) is 56.3 Å². The summed E-state index contributed by atoms with van der Waals surface area (Å²) < 4.78 is 5.15. The van der Waals surface area contributed by atoms with E-state index in [0.29, 0.717) is 16.7 Å². The summed E-state index contributed by atoms with van der Waals surface area (Å²) in [6, 6.07) is 13.3. The molecule has 0 aliphatic rings. The third kappa shape index (κ3) is 4.09. The highest BCUT2D eigenvalue weighted by Crippen LogP contribution is 2.22. The topological polar surface area (TPSA) is 67.9 Å². The second-order valence-corrected chi connectivity index (χ2v) is 6.65. The van der Waals surface area contributed by atoms with E-state index in [2.05, 4.69) is 15.2 Å². The molecule has 1 N–H and O–H groups in total. The normalized spacial score (nSPS) is 10.7. The fourth-order valence-corrected chi connectivity index (χ4v) is 3.01. The first kappa shape index (κ1) is 17.2. The van der Waals surface area contributed by atoms with Gasteiger partial charge in [-0.3, -0.25) is 9.89 Å². The fourth-order valence-electron chi connectivity index (χ4n) is 2.32. The molecule has 0 spiro atoms. The Balaban J connectivity index is 1.64. The summed E-state index contributed by atoms with van der Waals surface area (Å²) in [6.45, 7) is 4.04. The van der Waals surface area contributed by atoms with Crippen LogP contribution in [0.15, 0.2) is 47.6 Å². The Hall–Kier alpha value is -2.60. The highest BCUT2D eigenvalue weighted by Gasteiger charge is 2.11. The van der Waals surface area contributed by atoms with Crippen LogP contribution in [-0.4, -0.2) is 33.8 Å². The zero-order valence-electron chi connectivity index (χ0n) is 14.4. The number of benzene rings is 2. The zero-order chi connectivity index (χ0) is 17.8. The number of ether oxygens (including phenoxy) is 1. The number of thioether (sulfide) groups is 1. The van der Waals surface area contributed by atoms with E-state index in [0.717, 1.165) is 22.4 Å². The first-order valence-corrected chi connectivity index (χ1v) is 8.85. The van der Waals surface area contributed by atoms with Crippen LogP contribution in [0, 0.1) is 13.8 Å². The minimum atomic E-state index is 0.0731. The van der Waals surface area contributed by atoms with Crippen LogP contribution in [0.3, 0.4) is 0 Å². The lowest BCUT2D eigenvalue weighted by Crippen LogP contribution is -2.03. The first-order chi connectivity index (χ1) is 12.1. The largest absolute Gasteiger partial charge is 0.497 e. The number of aryl methyl sites for hydroxylation is 2. The molecule has 0 radical (unpaired) electrons. The molecule has 2 aromatic carbocycles. The average molecular weight is 353 g/mol. The highest BCUT2D eigenvalue weighted by molar-refractivity contribution is 7.99. The van der Waals surface area contributed by atoms with E-state index in [9.17, 15) is 4.79 Å². The molecule has 25 heavy (non-hydrogen) atoms. The van der Waals surface area contributed by atoms with E-state index < -0.39 is 0 Å².